The average molecular weight is 556 g/mol. The zero-order valence-corrected chi connectivity index (χ0v) is 18.6. The summed E-state index contributed by atoms with van der Waals surface area (Å²) in [6.45, 7) is 0. The van der Waals surface area contributed by atoms with Gasteiger partial charge in [-0.3, -0.25) is 4.98 Å². The first-order valence-electron chi connectivity index (χ1n) is 6.62. The minimum absolute atomic E-state index is 0. The first-order valence-corrected chi connectivity index (χ1v) is 6.62. The third-order valence-corrected chi connectivity index (χ3v) is 3.77. The van der Waals surface area contributed by atoms with Gasteiger partial charge < -0.3 is 16.7 Å². The fourth-order valence-corrected chi connectivity index (χ4v) is 2.75. The molecule has 2 aromatic carbocycles. The van der Waals surface area contributed by atoms with Crippen LogP contribution in [0.1, 0.15) is 0 Å². The van der Waals surface area contributed by atoms with E-state index < -0.39 is 0 Å². The number of rotatable bonds is 1. The summed E-state index contributed by atoms with van der Waals surface area (Å²) < 4.78 is 2.14. The van der Waals surface area contributed by atoms with Gasteiger partial charge in [-0.25, -0.2) is 0 Å². The van der Waals surface area contributed by atoms with E-state index in [0.29, 0.717) is 0 Å². The summed E-state index contributed by atoms with van der Waals surface area (Å²) >= 11 is 0. The Hall–Kier alpha value is -0.797. The molecule has 0 amide bonds. The van der Waals surface area contributed by atoms with Crippen molar-refractivity contribution in [2.45, 2.75) is 0 Å². The van der Waals surface area contributed by atoms with Gasteiger partial charge in [0, 0.05) is 90.5 Å². The van der Waals surface area contributed by atoms with Crippen molar-refractivity contribution in [1.82, 2.24) is 9.38 Å². The fraction of sp³-hybridized carbons (Fsp3) is 0.111. The van der Waals surface area contributed by atoms with Crippen LogP contribution in [0.5, 0.6) is 0 Å². The Bertz CT molecular complexity index is 947. The van der Waals surface area contributed by atoms with Gasteiger partial charge in [0.15, 0.2) is 0 Å². The summed E-state index contributed by atoms with van der Waals surface area (Å²) in [6, 6.07) is 16.0. The molecule has 0 atom stereocenters. The average Bonchev–Trinajstić information content (AvgIpc) is 2.96. The molecule has 2 aromatic heterocycles. The van der Waals surface area contributed by atoms with Crippen molar-refractivity contribution in [3.8, 4) is 0 Å². The molecule has 0 aliphatic heterocycles. The molecule has 2 radical (unpaired) electrons. The molecule has 2 heterocycles. The van der Waals surface area contributed by atoms with Crippen LogP contribution >= 0.6 is 0 Å². The van der Waals surface area contributed by atoms with Crippen LogP contribution < -0.4 is 4.90 Å². The molecule has 3 nitrogen and oxygen atoms in total. The van der Waals surface area contributed by atoms with Crippen molar-refractivity contribution >= 4 is 33.0 Å². The predicted octanol–water partition coefficient (Wildman–Crippen LogP) is 3.95. The summed E-state index contributed by atoms with van der Waals surface area (Å²) in [5.41, 5.74) is 3.33. The van der Waals surface area contributed by atoms with Crippen LogP contribution in [-0.2, 0) is 52.8 Å². The molecule has 0 saturated carbocycles. The summed E-state index contributed by atoms with van der Waals surface area (Å²) in [4.78, 5) is 6.60. The number of hydrogen-bond donors (Lipinski definition) is 0. The minimum Gasteiger partial charge on any atom is -0.378 e. The van der Waals surface area contributed by atoms with Crippen LogP contribution in [0.15, 0.2) is 48.8 Å². The van der Waals surface area contributed by atoms with Gasteiger partial charge in [0.1, 0.15) is 0 Å². The number of imidazole rings is 1. The number of pyridine rings is 1. The summed E-state index contributed by atoms with van der Waals surface area (Å²) in [7, 11) is 4.11. The molecule has 5 heteroatoms. The maximum atomic E-state index is 4.49. The van der Waals surface area contributed by atoms with Crippen molar-refractivity contribution in [3.05, 3.63) is 62.3 Å². The Labute approximate surface area is 175 Å². The van der Waals surface area contributed by atoms with E-state index >= 15 is 0 Å². The largest absolute Gasteiger partial charge is 0.378 e. The summed E-state index contributed by atoms with van der Waals surface area (Å²) in [6.07, 6.45) is 3.86. The predicted molar refractivity (Wildman–Crippen MR) is 89.8 cm³/mol. The van der Waals surface area contributed by atoms with Gasteiger partial charge in [0.25, 0.3) is 0 Å². The Morgan fingerprint density at radius 1 is 1.13 bits per heavy atom. The molecule has 0 aliphatic rings. The van der Waals surface area contributed by atoms with Gasteiger partial charge >= 0.3 is 0 Å². The number of fused-ring (bicyclic) bond motifs is 6. The Balaban J connectivity index is 0.000000882. The number of anilines is 1. The maximum absolute atomic E-state index is 4.49. The molecule has 0 unspecified atom stereocenters. The molecule has 0 spiro atoms. The first kappa shape index (κ1) is 20.2. The molecule has 0 bridgehead atoms. The zero-order chi connectivity index (χ0) is 13.7. The molecule has 4 aromatic rings. The van der Waals surface area contributed by atoms with E-state index in [9.17, 15) is 0 Å². The topological polar surface area (TPSA) is 20.5 Å². The van der Waals surface area contributed by atoms with Gasteiger partial charge in [0.2, 0.25) is 0 Å². The van der Waals surface area contributed by atoms with E-state index in [-0.39, 0.29) is 60.2 Å². The second-order valence-corrected chi connectivity index (χ2v) is 5.18. The van der Waals surface area contributed by atoms with Crippen molar-refractivity contribution in [2.75, 3.05) is 19.0 Å². The van der Waals surface area contributed by atoms with Crippen molar-refractivity contribution in [3.63, 3.8) is 0 Å². The number of aromatic nitrogens is 2. The number of benzene rings is 2. The van der Waals surface area contributed by atoms with Gasteiger partial charge in [-0.1, -0.05) is 11.5 Å². The number of hydrogen-bond acceptors (Lipinski definition) is 2. The van der Waals surface area contributed by atoms with E-state index in [0.717, 1.165) is 11.0 Å². The van der Waals surface area contributed by atoms with E-state index in [1.165, 1.54) is 22.0 Å². The van der Waals surface area contributed by atoms with Crippen LogP contribution in [0.2, 0.25) is 0 Å². The molecule has 118 valence electrons. The molecule has 0 fully saturated rings. The van der Waals surface area contributed by atoms with E-state index in [4.69, 9.17) is 0 Å². The van der Waals surface area contributed by atoms with Crippen LogP contribution in [0.25, 0.3) is 27.3 Å². The third-order valence-electron chi connectivity index (χ3n) is 3.77. The molecule has 23 heavy (non-hydrogen) atoms. The van der Waals surface area contributed by atoms with Crippen LogP contribution in [-0.4, -0.2) is 23.5 Å². The van der Waals surface area contributed by atoms with E-state index in [1.807, 2.05) is 24.5 Å². The van der Waals surface area contributed by atoms with Gasteiger partial charge in [-0.15, -0.1) is 29.7 Å². The van der Waals surface area contributed by atoms with Crippen molar-refractivity contribution in [1.29, 1.82) is 0 Å². The molecule has 4 rings (SSSR count). The van der Waals surface area contributed by atoms with Crippen LogP contribution in [0.4, 0.5) is 5.69 Å². The van der Waals surface area contributed by atoms with Crippen molar-refractivity contribution in [2.24, 2.45) is 0 Å². The van der Waals surface area contributed by atoms with E-state index in [2.05, 4.69) is 58.7 Å². The molecular formula is C18H17IrN3Y-2. The second-order valence-electron chi connectivity index (χ2n) is 5.18. The maximum Gasteiger partial charge on any atom is 0.0608 e. The quantitative estimate of drug-likeness (QED) is 0.262. The zero-order valence-electron chi connectivity index (χ0n) is 13.4. The van der Waals surface area contributed by atoms with Gasteiger partial charge in [-0.2, -0.15) is 0 Å². The van der Waals surface area contributed by atoms with E-state index in [1.54, 1.807) is 0 Å². The van der Waals surface area contributed by atoms with Gasteiger partial charge in [0.05, 0.1) is 5.65 Å². The molecule has 0 saturated heterocycles. The smallest absolute Gasteiger partial charge is 0.0608 e. The third kappa shape index (κ3) is 3.23. The Morgan fingerprint density at radius 2 is 1.91 bits per heavy atom. The molecular weight excluding hydrogens is 539 g/mol. The second kappa shape index (κ2) is 7.85. The Kier molecular flexibility index (Phi) is 6.91. The van der Waals surface area contributed by atoms with Crippen molar-refractivity contribution < 1.29 is 52.8 Å². The minimum atomic E-state index is 0. The summed E-state index contributed by atoms with van der Waals surface area (Å²) in [5, 5.41) is 3.50. The normalized spacial score (nSPS) is 10.0. The molecule has 0 N–H and O–H groups in total. The van der Waals surface area contributed by atoms with Crippen LogP contribution in [0, 0.1) is 13.5 Å². The first-order chi connectivity index (χ1) is 9.75. The van der Waals surface area contributed by atoms with Crippen LogP contribution in [0.3, 0.4) is 0 Å². The standard InChI is InChI=1S/C17H14N3.CH3.Ir.Y/c1-19(2)12-7-8-14-13-5-3-4-6-15(13)17-18-9-10-20(17)16(14)11-12;;;/h3-5,7-11H,1-2H3;1H3;;/q2*-1;;. The monoisotopic (exact) mass is 557 g/mol. The fourth-order valence-electron chi connectivity index (χ4n) is 2.75. The number of nitrogens with zero attached hydrogens (tertiary/aromatic N) is 3. The SMILES string of the molecule is CN(C)c1ccc2c3ccc[c-]c3c3nccn3c2c1.[CH3-].[Ir].[Y]. The van der Waals surface area contributed by atoms with Gasteiger partial charge in [-0.05, 0) is 17.5 Å². The Morgan fingerprint density at radius 3 is 2.65 bits per heavy atom. The molecule has 0 aliphatic carbocycles. The summed E-state index contributed by atoms with van der Waals surface area (Å²) in [5.74, 6) is 0.